The summed E-state index contributed by atoms with van der Waals surface area (Å²) in [6.45, 7) is 6.29. The van der Waals surface area contributed by atoms with Crippen molar-refractivity contribution in [3.05, 3.63) is 59.4 Å². The summed E-state index contributed by atoms with van der Waals surface area (Å²) >= 11 is 6.26. The van der Waals surface area contributed by atoms with Crippen LogP contribution in [-0.4, -0.2) is 105 Å². The van der Waals surface area contributed by atoms with Crippen LogP contribution in [-0.2, 0) is 19.2 Å². The van der Waals surface area contributed by atoms with Gasteiger partial charge >= 0.3 is 24.3 Å². The zero-order chi connectivity index (χ0) is 37.6. The molecular formula is C32H39ClF6N4O7. The van der Waals surface area contributed by atoms with Crippen molar-refractivity contribution < 1.29 is 60.8 Å². The molecule has 3 N–H and O–H groups in total. The summed E-state index contributed by atoms with van der Waals surface area (Å²) in [5.41, 5.74) is 1.77. The second-order valence-corrected chi connectivity index (χ2v) is 12.1. The fourth-order valence-electron chi connectivity index (χ4n) is 5.45. The molecule has 3 heterocycles. The van der Waals surface area contributed by atoms with Gasteiger partial charge in [-0.05, 0) is 93.6 Å². The second-order valence-electron chi connectivity index (χ2n) is 11.6. The molecule has 1 aromatic heterocycles. The molecule has 11 nitrogen and oxygen atoms in total. The average molecular weight is 741 g/mol. The number of halogens is 7. The number of aliphatic carboxylic acids is 2. The van der Waals surface area contributed by atoms with Crippen molar-refractivity contribution in [3.8, 4) is 0 Å². The van der Waals surface area contributed by atoms with E-state index in [-0.39, 0.29) is 23.7 Å². The van der Waals surface area contributed by atoms with E-state index in [1.54, 1.807) is 19.3 Å². The Kier molecular flexibility index (Phi) is 16.4. The van der Waals surface area contributed by atoms with E-state index in [4.69, 9.17) is 31.4 Å². The highest BCUT2D eigenvalue weighted by atomic mass is 35.5. The monoisotopic (exact) mass is 740 g/mol. The van der Waals surface area contributed by atoms with Crippen LogP contribution >= 0.6 is 11.6 Å². The van der Waals surface area contributed by atoms with E-state index >= 15 is 0 Å². The Hall–Kier alpha value is -3.96. The normalized spacial score (nSPS) is 16.6. The molecule has 2 saturated heterocycles. The predicted molar refractivity (Wildman–Crippen MR) is 169 cm³/mol. The lowest BCUT2D eigenvalue weighted by Gasteiger charge is -2.36. The van der Waals surface area contributed by atoms with Crippen molar-refractivity contribution in [3.63, 3.8) is 0 Å². The first kappa shape index (κ1) is 42.2. The molecule has 2 aliphatic heterocycles. The van der Waals surface area contributed by atoms with E-state index in [0.717, 1.165) is 50.1 Å². The van der Waals surface area contributed by atoms with Crippen molar-refractivity contribution in [1.82, 2.24) is 14.8 Å². The lowest BCUT2D eigenvalue weighted by Crippen LogP contribution is -2.45. The van der Waals surface area contributed by atoms with Crippen LogP contribution in [0.1, 0.15) is 50.7 Å². The van der Waals surface area contributed by atoms with Gasteiger partial charge in [-0.2, -0.15) is 26.3 Å². The Morgan fingerprint density at radius 3 is 1.88 bits per heavy atom. The largest absolute Gasteiger partial charge is 0.490 e. The summed E-state index contributed by atoms with van der Waals surface area (Å²) < 4.78 is 63.5. The summed E-state index contributed by atoms with van der Waals surface area (Å²) in [5.74, 6) is -5.14. The number of carboxylic acids is 2. The standard InChI is InChI=1S/C28H37ClN4O3.2C2HF3O2/c1-21(34)32-18-10-24(11-19-32)28(36)33(26-5-2-4-25(29)20-26)15-3-14-31-16-8-23(9-17-31)27(35)22-6-12-30-13-7-22;2*3-2(4,5)1(6)7/h2,4-7,12-13,20,23-24,27,35H,3,8-11,14-19H2,1H3;2*(H,6,7). The molecule has 0 spiro atoms. The number of anilines is 1. The fourth-order valence-corrected chi connectivity index (χ4v) is 5.63. The number of carboxylic acid groups (broad SMARTS) is 2. The van der Waals surface area contributed by atoms with Crippen LogP contribution in [0.4, 0.5) is 32.0 Å². The van der Waals surface area contributed by atoms with Gasteiger partial charge in [0.15, 0.2) is 0 Å². The highest BCUT2D eigenvalue weighted by molar-refractivity contribution is 6.30. The summed E-state index contributed by atoms with van der Waals surface area (Å²) in [6.07, 6.45) is -2.99. The van der Waals surface area contributed by atoms with Gasteiger partial charge in [0, 0.05) is 55.6 Å². The van der Waals surface area contributed by atoms with Gasteiger partial charge in [-0.3, -0.25) is 14.6 Å². The van der Waals surface area contributed by atoms with Crippen molar-refractivity contribution in [2.45, 2.75) is 57.5 Å². The Morgan fingerprint density at radius 1 is 0.900 bits per heavy atom. The number of aliphatic hydroxyl groups excluding tert-OH is 1. The molecule has 0 bridgehead atoms. The Balaban J connectivity index is 0.000000521. The third-order valence-corrected chi connectivity index (χ3v) is 8.38. The number of piperidine rings is 2. The van der Waals surface area contributed by atoms with Gasteiger partial charge in [-0.1, -0.05) is 17.7 Å². The molecule has 278 valence electrons. The number of alkyl halides is 6. The summed E-state index contributed by atoms with van der Waals surface area (Å²) in [4.78, 5) is 53.2. The fraction of sp³-hybridized carbons (Fsp3) is 0.531. The maximum Gasteiger partial charge on any atom is 0.490 e. The molecule has 0 radical (unpaired) electrons. The number of carbonyl (C=O) groups is 4. The van der Waals surface area contributed by atoms with Crippen molar-refractivity contribution in [2.24, 2.45) is 11.8 Å². The lowest BCUT2D eigenvalue weighted by molar-refractivity contribution is -0.193. The summed E-state index contributed by atoms with van der Waals surface area (Å²) in [7, 11) is 0. The van der Waals surface area contributed by atoms with Gasteiger partial charge in [0.05, 0.1) is 6.10 Å². The van der Waals surface area contributed by atoms with Crippen LogP contribution < -0.4 is 4.90 Å². The number of carbonyl (C=O) groups excluding carboxylic acids is 2. The molecule has 4 rings (SSSR count). The first-order chi connectivity index (χ1) is 23.3. The number of pyridine rings is 1. The molecular weight excluding hydrogens is 702 g/mol. The van der Waals surface area contributed by atoms with Crippen LogP contribution in [0.3, 0.4) is 0 Å². The van der Waals surface area contributed by atoms with E-state index in [0.29, 0.717) is 37.5 Å². The van der Waals surface area contributed by atoms with E-state index in [1.165, 1.54) is 0 Å². The maximum atomic E-state index is 13.6. The van der Waals surface area contributed by atoms with Crippen LogP contribution in [0.15, 0.2) is 48.8 Å². The van der Waals surface area contributed by atoms with Gasteiger partial charge in [0.25, 0.3) is 0 Å². The van der Waals surface area contributed by atoms with Crippen molar-refractivity contribution >= 4 is 41.0 Å². The van der Waals surface area contributed by atoms with Crippen LogP contribution in [0.25, 0.3) is 0 Å². The predicted octanol–water partition coefficient (Wildman–Crippen LogP) is 5.43. The van der Waals surface area contributed by atoms with Gasteiger partial charge in [0.2, 0.25) is 11.8 Å². The Bertz CT molecular complexity index is 1380. The van der Waals surface area contributed by atoms with Crippen LogP contribution in [0.5, 0.6) is 0 Å². The molecule has 18 heteroatoms. The molecule has 2 aromatic rings. The van der Waals surface area contributed by atoms with Gasteiger partial charge in [-0.25, -0.2) is 9.59 Å². The van der Waals surface area contributed by atoms with Crippen LogP contribution in [0.2, 0.25) is 5.02 Å². The molecule has 1 aromatic carbocycles. The van der Waals surface area contributed by atoms with E-state index in [1.807, 2.05) is 46.2 Å². The second kappa shape index (κ2) is 19.4. The van der Waals surface area contributed by atoms with Crippen molar-refractivity contribution in [1.29, 1.82) is 0 Å². The van der Waals surface area contributed by atoms with Gasteiger partial charge in [0.1, 0.15) is 0 Å². The minimum absolute atomic E-state index is 0.0738. The third-order valence-electron chi connectivity index (χ3n) is 8.14. The topological polar surface area (TPSA) is 152 Å². The zero-order valence-electron chi connectivity index (χ0n) is 27.0. The number of nitrogens with zero attached hydrogens (tertiary/aromatic N) is 4. The quantitative estimate of drug-likeness (QED) is 0.301. The minimum Gasteiger partial charge on any atom is -0.475 e. The smallest absolute Gasteiger partial charge is 0.475 e. The number of amides is 2. The molecule has 2 fully saturated rings. The van der Waals surface area contributed by atoms with Crippen molar-refractivity contribution in [2.75, 3.05) is 44.2 Å². The highest BCUT2D eigenvalue weighted by Crippen LogP contribution is 2.31. The van der Waals surface area contributed by atoms with Gasteiger partial charge in [-0.15, -0.1) is 0 Å². The highest BCUT2D eigenvalue weighted by Gasteiger charge is 2.39. The molecule has 1 unspecified atom stereocenters. The number of benzene rings is 1. The molecule has 50 heavy (non-hydrogen) atoms. The number of hydrogen-bond donors (Lipinski definition) is 3. The van der Waals surface area contributed by atoms with E-state index < -0.39 is 30.4 Å². The first-order valence-corrected chi connectivity index (χ1v) is 15.9. The number of likely N-dealkylation sites (tertiary alicyclic amines) is 2. The first-order valence-electron chi connectivity index (χ1n) is 15.5. The average Bonchev–Trinajstić information content (AvgIpc) is 3.06. The SMILES string of the molecule is CC(=O)N1CCC(C(=O)N(CCCN2CCC(C(O)c3ccncc3)CC2)c2cccc(Cl)c2)CC1.O=C(O)C(F)(F)F.O=C(O)C(F)(F)F. The minimum atomic E-state index is -5.08. The number of aliphatic hydroxyl groups is 1. The maximum absolute atomic E-state index is 13.6. The lowest BCUT2D eigenvalue weighted by atomic mass is 9.88. The Labute approximate surface area is 289 Å². The Morgan fingerprint density at radius 2 is 1.42 bits per heavy atom. The van der Waals surface area contributed by atoms with E-state index in [2.05, 4.69) is 9.88 Å². The summed E-state index contributed by atoms with van der Waals surface area (Å²) in [6, 6.07) is 11.3. The molecule has 1 atom stereocenters. The zero-order valence-corrected chi connectivity index (χ0v) is 27.8. The number of aromatic nitrogens is 1. The number of hydrogen-bond acceptors (Lipinski definition) is 7. The van der Waals surface area contributed by atoms with E-state index in [9.17, 15) is 41.0 Å². The van der Waals surface area contributed by atoms with Crippen LogP contribution in [0, 0.1) is 11.8 Å². The molecule has 2 amide bonds. The summed E-state index contributed by atoms with van der Waals surface area (Å²) in [5, 5.41) is 25.6. The molecule has 0 saturated carbocycles. The van der Waals surface area contributed by atoms with Gasteiger partial charge < -0.3 is 30.0 Å². The number of rotatable bonds is 8. The molecule has 0 aliphatic carbocycles. The molecule has 2 aliphatic rings. The third kappa shape index (κ3) is 14.1.